The van der Waals surface area contributed by atoms with Crippen LogP contribution in [0.2, 0.25) is 5.02 Å². The number of halogens is 2. The first-order chi connectivity index (χ1) is 15.1. The van der Waals surface area contributed by atoms with Gasteiger partial charge in [-0.15, -0.1) is 0 Å². The summed E-state index contributed by atoms with van der Waals surface area (Å²) in [5, 5.41) is 10.5. The van der Waals surface area contributed by atoms with Gasteiger partial charge >= 0.3 is 0 Å². The second-order valence-corrected chi connectivity index (χ2v) is 8.50. The summed E-state index contributed by atoms with van der Waals surface area (Å²) < 4.78 is 2.58. The lowest BCUT2D eigenvalue weighted by Crippen LogP contribution is -2.54. The minimum absolute atomic E-state index is 0.134. The highest BCUT2D eigenvalue weighted by Gasteiger charge is 2.20. The summed E-state index contributed by atoms with van der Waals surface area (Å²) in [7, 11) is 0. The predicted molar refractivity (Wildman–Crippen MR) is 126 cm³/mol. The van der Waals surface area contributed by atoms with E-state index in [-0.39, 0.29) is 5.56 Å². The number of nitrogens with zero attached hydrogens (tertiary/aromatic N) is 5. The van der Waals surface area contributed by atoms with Crippen LogP contribution < -0.4 is 21.2 Å². The smallest absolute Gasteiger partial charge is 0.281 e. The van der Waals surface area contributed by atoms with Gasteiger partial charge < -0.3 is 20.6 Å². The van der Waals surface area contributed by atoms with E-state index in [1.165, 1.54) is 6.33 Å². The standard InChI is InChI=1S/C20H20BrClN8O/c21-12-10-25-19-16(12)18(26-11-27-19)24-5-4-15-28-14-3-1-2-13(22)17(14)20(31)30(15)29-8-6-23-7-9-29/h1-3,10-11,23H,4-9H2,(H2,24,25,26,27). The van der Waals surface area contributed by atoms with E-state index in [1.54, 1.807) is 10.7 Å². The third-order valence-corrected chi connectivity index (χ3v) is 6.27. The number of hydrogen-bond donors (Lipinski definition) is 3. The SMILES string of the molecule is O=c1c2c(Cl)cccc2nc(CCNc2ncnc3[nH]cc(Br)c23)n1N1CCNCC1. The van der Waals surface area contributed by atoms with Gasteiger partial charge in [-0.05, 0) is 28.1 Å². The van der Waals surface area contributed by atoms with Gasteiger partial charge in [0.15, 0.2) is 0 Å². The monoisotopic (exact) mass is 502 g/mol. The van der Waals surface area contributed by atoms with Gasteiger partial charge in [-0.25, -0.2) is 19.6 Å². The predicted octanol–water partition coefficient (Wildman–Crippen LogP) is 2.28. The fourth-order valence-corrected chi connectivity index (χ4v) is 4.63. The second-order valence-electron chi connectivity index (χ2n) is 7.24. The van der Waals surface area contributed by atoms with E-state index in [0.29, 0.717) is 34.7 Å². The Morgan fingerprint density at radius 1 is 1.19 bits per heavy atom. The number of fused-ring (bicyclic) bond motifs is 2. The Morgan fingerprint density at radius 3 is 2.87 bits per heavy atom. The van der Waals surface area contributed by atoms with Gasteiger partial charge in [0, 0.05) is 49.8 Å². The van der Waals surface area contributed by atoms with Gasteiger partial charge in [-0.2, -0.15) is 0 Å². The maximum absolute atomic E-state index is 13.4. The van der Waals surface area contributed by atoms with Gasteiger partial charge in [0.05, 0.1) is 21.3 Å². The molecule has 0 radical (unpaired) electrons. The van der Waals surface area contributed by atoms with E-state index in [0.717, 1.165) is 47.5 Å². The molecular weight excluding hydrogens is 484 g/mol. The van der Waals surface area contributed by atoms with Crippen LogP contribution in [0, 0.1) is 0 Å². The van der Waals surface area contributed by atoms with Crippen molar-refractivity contribution in [3.8, 4) is 0 Å². The summed E-state index contributed by atoms with van der Waals surface area (Å²) in [5.41, 5.74) is 1.22. The molecular formula is C20H20BrClN8O. The summed E-state index contributed by atoms with van der Waals surface area (Å²) in [6.07, 6.45) is 3.89. The Bertz CT molecular complexity index is 1310. The first kappa shape index (κ1) is 20.2. The molecule has 31 heavy (non-hydrogen) atoms. The average molecular weight is 504 g/mol. The quantitative estimate of drug-likeness (QED) is 0.384. The summed E-state index contributed by atoms with van der Waals surface area (Å²) >= 11 is 9.88. The van der Waals surface area contributed by atoms with Crippen molar-refractivity contribution in [2.24, 2.45) is 0 Å². The fraction of sp³-hybridized carbons (Fsp3) is 0.300. The molecule has 1 aromatic carbocycles. The van der Waals surface area contributed by atoms with E-state index < -0.39 is 0 Å². The molecule has 9 nitrogen and oxygen atoms in total. The number of aromatic nitrogens is 5. The molecule has 1 saturated heterocycles. The van der Waals surface area contributed by atoms with Crippen molar-refractivity contribution in [3.05, 3.63) is 56.4 Å². The molecule has 0 bridgehead atoms. The number of H-pyrrole nitrogens is 1. The van der Waals surface area contributed by atoms with Crippen LogP contribution in [-0.4, -0.2) is 57.3 Å². The van der Waals surface area contributed by atoms with Crippen molar-refractivity contribution in [1.82, 2.24) is 29.9 Å². The van der Waals surface area contributed by atoms with Crippen LogP contribution in [0.4, 0.5) is 5.82 Å². The molecule has 1 aliphatic heterocycles. The average Bonchev–Trinajstić information content (AvgIpc) is 3.16. The molecule has 160 valence electrons. The maximum Gasteiger partial charge on any atom is 0.281 e. The zero-order chi connectivity index (χ0) is 21.4. The Hall–Kier alpha value is -2.69. The molecule has 0 amide bonds. The van der Waals surface area contributed by atoms with Crippen molar-refractivity contribution in [2.45, 2.75) is 6.42 Å². The topological polar surface area (TPSA) is 104 Å². The number of nitrogens with one attached hydrogen (secondary N) is 3. The Morgan fingerprint density at radius 2 is 2.03 bits per heavy atom. The zero-order valence-corrected chi connectivity index (χ0v) is 18.9. The third kappa shape index (κ3) is 3.75. The second kappa shape index (κ2) is 8.45. The number of piperazine rings is 1. The van der Waals surface area contributed by atoms with Gasteiger partial charge in [-0.3, -0.25) is 4.79 Å². The minimum atomic E-state index is -0.134. The summed E-state index contributed by atoms with van der Waals surface area (Å²) in [4.78, 5) is 29.9. The summed E-state index contributed by atoms with van der Waals surface area (Å²) in [6, 6.07) is 5.37. The van der Waals surface area contributed by atoms with E-state index in [9.17, 15) is 4.79 Å². The van der Waals surface area contributed by atoms with E-state index >= 15 is 0 Å². The molecule has 0 saturated carbocycles. The van der Waals surface area contributed by atoms with Crippen LogP contribution in [0.1, 0.15) is 5.82 Å². The lowest BCUT2D eigenvalue weighted by Gasteiger charge is -2.32. The number of benzene rings is 1. The van der Waals surface area contributed by atoms with Crippen molar-refractivity contribution >= 4 is 55.3 Å². The van der Waals surface area contributed by atoms with Gasteiger partial charge in [-0.1, -0.05) is 17.7 Å². The molecule has 4 heterocycles. The Kier molecular flexibility index (Phi) is 5.51. The molecule has 4 aromatic rings. The Balaban J connectivity index is 1.49. The number of hydrogen-bond acceptors (Lipinski definition) is 7. The number of aromatic amines is 1. The largest absolute Gasteiger partial charge is 0.369 e. The van der Waals surface area contributed by atoms with Crippen LogP contribution >= 0.6 is 27.5 Å². The lowest BCUT2D eigenvalue weighted by atomic mass is 10.2. The van der Waals surface area contributed by atoms with Gasteiger partial charge in [0.1, 0.15) is 23.6 Å². The molecule has 11 heteroatoms. The molecule has 0 unspecified atom stereocenters. The first-order valence-electron chi connectivity index (χ1n) is 10.0. The van der Waals surface area contributed by atoms with Gasteiger partial charge in [0.25, 0.3) is 5.56 Å². The number of rotatable bonds is 5. The highest BCUT2D eigenvalue weighted by molar-refractivity contribution is 9.10. The normalized spacial score (nSPS) is 14.5. The minimum Gasteiger partial charge on any atom is -0.369 e. The van der Waals surface area contributed by atoms with Crippen molar-refractivity contribution in [1.29, 1.82) is 0 Å². The van der Waals surface area contributed by atoms with E-state index in [2.05, 4.69) is 41.5 Å². The molecule has 3 N–H and O–H groups in total. The van der Waals surface area contributed by atoms with E-state index in [4.69, 9.17) is 16.6 Å². The summed E-state index contributed by atoms with van der Waals surface area (Å²) in [6.45, 7) is 3.62. The third-order valence-electron chi connectivity index (χ3n) is 5.33. The number of anilines is 1. The molecule has 3 aromatic heterocycles. The van der Waals surface area contributed by atoms with Crippen LogP contribution in [0.25, 0.3) is 21.9 Å². The lowest BCUT2D eigenvalue weighted by molar-refractivity contribution is 0.467. The van der Waals surface area contributed by atoms with Crippen molar-refractivity contribution in [2.75, 3.05) is 43.0 Å². The van der Waals surface area contributed by atoms with Crippen LogP contribution in [-0.2, 0) is 6.42 Å². The van der Waals surface area contributed by atoms with Crippen LogP contribution in [0.5, 0.6) is 0 Å². The molecule has 1 fully saturated rings. The molecule has 0 aliphatic carbocycles. The molecule has 0 atom stereocenters. The Labute approximate surface area is 190 Å². The molecule has 0 spiro atoms. The van der Waals surface area contributed by atoms with Crippen LogP contribution in [0.3, 0.4) is 0 Å². The van der Waals surface area contributed by atoms with E-state index in [1.807, 2.05) is 23.3 Å². The fourth-order valence-electron chi connectivity index (χ4n) is 3.89. The van der Waals surface area contributed by atoms with Crippen molar-refractivity contribution in [3.63, 3.8) is 0 Å². The van der Waals surface area contributed by atoms with Gasteiger partial charge in [0.2, 0.25) is 0 Å². The maximum atomic E-state index is 13.4. The van der Waals surface area contributed by atoms with Crippen LogP contribution in [0.15, 0.2) is 40.0 Å². The highest BCUT2D eigenvalue weighted by atomic mass is 79.9. The molecule has 1 aliphatic rings. The highest BCUT2D eigenvalue weighted by Crippen LogP contribution is 2.27. The van der Waals surface area contributed by atoms with Crippen molar-refractivity contribution < 1.29 is 0 Å². The summed E-state index contributed by atoms with van der Waals surface area (Å²) in [5.74, 6) is 1.41. The first-order valence-corrected chi connectivity index (χ1v) is 11.2. The zero-order valence-electron chi connectivity index (χ0n) is 16.5. The molecule has 5 rings (SSSR count).